The molecule has 140 valence electrons. The second-order valence-electron chi connectivity index (χ2n) is 6.01. The van der Waals surface area contributed by atoms with E-state index in [2.05, 4.69) is 35.2 Å². The molecule has 0 aliphatic heterocycles. The zero-order chi connectivity index (χ0) is 20.1. The van der Waals surface area contributed by atoms with Crippen LogP contribution in [0.15, 0.2) is 67.6 Å². The van der Waals surface area contributed by atoms with Gasteiger partial charge in [-0.3, -0.25) is 19.4 Å². The number of amides is 1. The van der Waals surface area contributed by atoms with Crippen LogP contribution in [-0.2, 0) is 11.3 Å². The second kappa shape index (κ2) is 8.06. The van der Waals surface area contributed by atoms with Crippen molar-refractivity contribution < 1.29 is 4.79 Å². The van der Waals surface area contributed by atoms with Gasteiger partial charge in [0.25, 0.3) is 5.82 Å². The molecule has 29 heavy (non-hydrogen) atoms. The van der Waals surface area contributed by atoms with Crippen LogP contribution in [0.3, 0.4) is 0 Å². The lowest BCUT2D eigenvalue weighted by Gasteiger charge is -2.05. The van der Waals surface area contributed by atoms with E-state index in [1.165, 1.54) is 4.68 Å². The first-order valence-corrected chi connectivity index (χ1v) is 8.60. The summed E-state index contributed by atoms with van der Waals surface area (Å²) in [5.41, 5.74) is 3.14. The van der Waals surface area contributed by atoms with E-state index in [0.717, 1.165) is 16.7 Å². The zero-order valence-corrected chi connectivity index (χ0v) is 15.1. The van der Waals surface area contributed by atoms with Gasteiger partial charge in [0, 0.05) is 35.9 Å². The number of nitrogens with zero attached hydrogens (tertiary/aromatic N) is 7. The normalized spacial score (nSPS) is 10.3. The minimum absolute atomic E-state index is 0.0361. The Labute approximate surface area is 165 Å². The van der Waals surface area contributed by atoms with Gasteiger partial charge < -0.3 is 10.2 Å². The third-order valence-corrected chi connectivity index (χ3v) is 4.02. The van der Waals surface area contributed by atoms with E-state index in [-0.39, 0.29) is 12.5 Å². The second-order valence-corrected chi connectivity index (χ2v) is 6.01. The summed E-state index contributed by atoms with van der Waals surface area (Å²) in [5.74, 6) is 0.492. The summed E-state index contributed by atoms with van der Waals surface area (Å²) in [6.07, 6.45) is 11.4. The Balaban J connectivity index is 1.40. The summed E-state index contributed by atoms with van der Waals surface area (Å²) in [6.45, 7) is 7.08. The van der Waals surface area contributed by atoms with Crippen molar-refractivity contribution in [2.75, 3.05) is 5.32 Å². The van der Waals surface area contributed by atoms with Gasteiger partial charge in [-0.2, -0.15) is 5.10 Å². The van der Waals surface area contributed by atoms with Crippen molar-refractivity contribution in [3.05, 3.63) is 79.1 Å². The first-order chi connectivity index (χ1) is 14.2. The number of pyridine rings is 2. The Kier molecular flexibility index (Phi) is 4.98. The Morgan fingerprint density at radius 1 is 1.00 bits per heavy atom. The molecule has 9 nitrogen and oxygen atoms in total. The zero-order valence-electron chi connectivity index (χ0n) is 15.1. The number of carbonyl (C=O) groups is 1. The summed E-state index contributed by atoms with van der Waals surface area (Å²) in [6, 6.07) is 6.99. The van der Waals surface area contributed by atoms with Crippen LogP contribution < -0.4 is 5.32 Å². The highest BCUT2D eigenvalue weighted by Crippen LogP contribution is 2.22. The fraction of sp³-hybridized carbons (Fsp3) is 0.0500. The molecule has 0 aliphatic rings. The van der Waals surface area contributed by atoms with Gasteiger partial charge in [-0.25, -0.2) is 4.98 Å². The van der Waals surface area contributed by atoms with Crippen LogP contribution >= 0.6 is 0 Å². The molecule has 0 spiro atoms. The molecule has 4 rings (SSSR count). The Bertz CT molecular complexity index is 1180. The number of hydrogen-bond acceptors (Lipinski definition) is 6. The third-order valence-electron chi connectivity index (χ3n) is 4.02. The van der Waals surface area contributed by atoms with Gasteiger partial charge in [-0.15, -0.1) is 4.98 Å². The summed E-state index contributed by atoms with van der Waals surface area (Å²) >= 11 is 0. The van der Waals surface area contributed by atoms with E-state index < -0.39 is 0 Å². The molecule has 0 aliphatic carbocycles. The van der Waals surface area contributed by atoms with Crippen LogP contribution in [0.2, 0.25) is 0 Å². The monoisotopic (exact) mass is 382 g/mol. The topological polar surface area (TPSA) is 103 Å². The molecule has 0 unspecified atom stereocenters. The fourth-order valence-electron chi connectivity index (χ4n) is 2.66. The molecule has 0 bridgehead atoms. The number of carbonyl (C=O) groups excluding carboxylic acids is 1. The maximum absolute atomic E-state index is 12.3. The van der Waals surface area contributed by atoms with Crippen molar-refractivity contribution >= 4 is 17.5 Å². The lowest BCUT2D eigenvalue weighted by Crippen LogP contribution is -2.19. The third kappa shape index (κ3) is 4.28. The van der Waals surface area contributed by atoms with E-state index in [9.17, 15) is 4.79 Å². The van der Waals surface area contributed by atoms with Gasteiger partial charge in [0.05, 0.1) is 18.1 Å². The molecule has 1 N–H and O–H groups in total. The van der Waals surface area contributed by atoms with Crippen LogP contribution in [0.1, 0.15) is 0 Å². The van der Waals surface area contributed by atoms with Gasteiger partial charge in [0.15, 0.2) is 0 Å². The molecule has 0 aromatic carbocycles. The highest BCUT2D eigenvalue weighted by molar-refractivity contribution is 5.89. The number of rotatable bonds is 5. The van der Waals surface area contributed by atoms with Gasteiger partial charge in [0.1, 0.15) is 18.6 Å². The van der Waals surface area contributed by atoms with Crippen molar-refractivity contribution in [2.24, 2.45) is 0 Å². The van der Waals surface area contributed by atoms with Crippen LogP contribution in [0.5, 0.6) is 0 Å². The van der Waals surface area contributed by atoms with Crippen LogP contribution in [0.25, 0.3) is 27.2 Å². The molecule has 0 saturated carbocycles. The Hall–Kier alpha value is -4.45. The van der Waals surface area contributed by atoms with E-state index in [1.807, 2.05) is 6.07 Å². The summed E-state index contributed by atoms with van der Waals surface area (Å²) in [4.78, 5) is 32.0. The predicted octanol–water partition coefficient (Wildman–Crippen LogP) is 2.99. The SMILES string of the molecule is [C-]#[N+]c1cc(-c2cnn(CC(=O)Nc3ccc(-c4cnccn4)cn3)c2)ccn1. The molecule has 0 atom stereocenters. The van der Waals surface area contributed by atoms with Crippen molar-refractivity contribution in [3.63, 3.8) is 0 Å². The number of hydrogen-bond donors (Lipinski definition) is 1. The maximum atomic E-state index is 12.3. The Morgan fingerprint density at radius 3 is 2.69 bits per heavy atom. The quantitative estimate of drug-likeness (QED) is 0.532. The smallest absolute Gasteiger partial charge is 0.270 e. The standard InChI is InChI=1S/C20H14N8O/c1-21-19-8-14(4-5-24-19)16-10-26-28(12-16)13-20(29)27-18-3-2-15(9-25-18)17-11-22-6-7-23-17/h2-12H,13H2,(H,25,27,29). The van der Waals surface area contributed by atoms with E-state index in [0.29, 0.717) is 17.3 Å². The molecule has 9 heteroatoms. The van der Waals surface area contributed by atoms with Crippen LogP contribution in [0, 0.1) is 6.57 Å². The van der Waals surface area contributed by atoms with E-state index in [4.69, 9.17) is 6.57 Å². The van der Waals surface area contributed by atoms with Crippen molar-refractivity contribution in [3.8, 4) is 22.4 Å². The minimum Gasteiger partial charge on any atom is -0.361 e. The largest absolute Gasteiger partial charge is 0.361 e. The number of anilines is 1. The fourth-order valence-corrected chi connectivity index (χ4v) is 2.66. The predicted molar refractivity (Wildman–Crippen MR) is 106 cm³/mol. The van der Waals surface area contributed by atoms with E-state index in [1.54, 1.807) is 61.6 Å². The molecular formula is C20H14N8O. The van der Waals surface area contributed by atoms with Gasteiger partial charge in [-0.1, -0.05) is 6.57 Å². The summed E-state index contributed by atoms with van der Waals surface area (Å²) in [5, 5.41) is 6.95. The molecule has 4 aromatic heterocycles. The highest BCUT2D eigenvalue weighted by atomic mass is 16.2. The molecule has 1 amide bonds. The first kappa shape index (κ1) is 17.9. The lowest BCUT2D eigenvalue weighted by molar-refractivity contribution is -0.116. The van der Waals surface area contributed by atoms with E-state index >= 15 is 0 Å². The number of aromatic nitrogens is 6. The lowest BCUT2D eigenvalue weighted by atomic mass is 10.1. The number of nitrogens with one attached hydrogen (secondary N) is 1. The molecule has 0 radical (unpaired) electrons. The van der Waals surface area contributed by atoms with Crippen molar-refractivity contribution in [1.29, 1.82) is 0 Å². The highest BCUT2D eigenvalue weighted by Gasteiger charge is 2.09. The van der Waals surface area contributed by atoms with Crippen LogP contribution in [-0.4, -0.2) is 35.6 Å². The molecule has 0 saturated heterocycles. The van der Waals surface area contributed by atoms with Gasteiger partial charge in [-0.05, 0) is 29.8 Å². The Morgan fingerprint density at radius 2 is 1.93 bits per heavy atom. The molecule has 4 aromatic rings. The molecule has 4 heterocycles. The molecular weight excluding hydrogens is 368 g/mol. The summed E-state index contributed by atoms with van der Waals surface area (Å²) < 4.78 is 1.52. The van der Waals surface area contributed by atoms with Crippen molar-refractivity contribution in [1.82, 2.24) is 29.7 Å². The minimum atomic E-state index is -0.254. The van der Waals surface area contributed by atoms with Crippen LogP contribution in [0.4, 0.5) is 11.6 Å². The average molecular weight is 382 g/mol. The summed E-state index contributed by atoms with van der Waals surface area (Å²) in [7, 11) is 0. The average Bonchev–Trinajstić information content (AvgIpc) is 3.23. The van der Waals surface area contributed by atoms with Gasteiger partial charge in [0.2, 0.25) is 5.91 Å². The maximum Gasteiger partial charge on any atom is 0.270 e. The van der Waals surface area contributed by atoms with Gasteiger partial charge >= 0.3 is 0 Å². The molecule has 0 fully saturated rings. The first-order valence-electron chi connectivity index (χ1n) is 8.60. The van der Waals surface area contributed by atoms with Crippen molar-refractivity contribution in [2.45, 2.75) is 6.54 Å².